The van der Waals surface area contributed by atoms with Crippen molar-refractivity contribution < 1.29 is 4.79 Å². The van der Waals surface area contributed by atoms with Crippen molar-refractivity contribution in [3.05, 3.63) is 77.1 Å². The highest BCUT2D eigenvalue weighted by atomic mass is 32.2. The number of hydrogen-bond acceptors (Lipinski definition) is 5. The van der Waals surface area contributed by atoms with Crippen LogP contribution in [0.15, 0.2) is 59.6 Å². The van der Waals surface area contributed by atoms with Crippen molar-refractivity contribution in [3.8, 4) is 0 Å². The molecule has 0 aliphatic carbocycles. The Morgan fingerprint density at radius 3 is 2.58 bits per heavy atom. The summed E-state index contributed by atoms with van der Waals surface area (Å²) in [5.41, 5.74) is 10.1. The van der Waals surface area contributed by atoms with Gasteiger partial charge in [0, 0.05) is 22.5 Å². The highest BCUT2D eigenvalue weighted by Crippen LogP contribution is 2.27. The molecule has 0 atom stereocenters. The first-order valence-corrected chi connectivity index (χ1v) is 9.19. The fourth-order valence-electron chi connectivity index (χ4n) is 2.67. The zero-order valence-electron chi connectivity index (χ0n) is 14.7. The van der Waals surface area contributed by atoms with Crippen molar-refractivity contribution in [2.75, 3.05) is 11.1 Å². The molecule has 0 aliphatic heterocycles. The van der Waals surface area contributed by atoms with Crippen molar-refractivity contribution in [1.29, 1.82) is 0 Å². The molecule has 3 aromatic rings. The lowest BCUT2D eigenvalue weighted by Gasteiger charge is -2.11. The second-order valence-corrected chi connectivity index (χ2v) is 7.04. The van der Waals surface area contributed by atoms with Gasteiger partial charge in [0.25, 0.3) is 5.91 Å². The van der Waals surface area contributed by atoms with Gasteiger partial charge in [-0.05, 0) is 55.3 Å². The number of benzene rings is 2. The van der Waals surface area contributed by atoms with Crippen molar-refractivity contribution in [2.24, 2.45) is 0 Å². The van der Waals surface area contributed by atoms with Gasteiger partial charge in [0.1, 0.15) is 0 Å². The van der Waals surface area contributed by atoms with E-state index < -0.39 is 0 Å². The number of aryl methyl sites for hydroxylation is 2. The van der Waals surface area contributed by atoms with E-state index in [-0.39, 0.29) is 11.9 Å². The molecular weight excluding hydrogens is 344 g/mol. The topological polar surface area (TPSA) is 80.9 Å². The minimum atomic E-state index is -0.125. The maximum atomic E-state index is 12.8. The maximum Gasteiger partial charge on any atom is 0.256 e. The Morgan fingerprint density at radius 2 is 1.85 bits per heavy atom. The highest BCUT2D eigenvalue weighted by molar-refractivity contribution is 7.98. The molecule has 0 aliphatic rings. The molecule has 0 spiro atoms. The minimum absolute atomic E-state index is 0.125. The van der Waals surface area contributed by atoms with E-state index >= 15 is 0 Å². The lowest BCUT2D eigenvalue weighted by molar-refractivity contribution is 0.102. The van der Waals surface area contributed by atoms with Crippen LogP contribution in [0.2, 0.25) is 0 Å². The van der Waals surface area contributed by atoms with Crippen LogP contribution in [0, 0.1) is 13.8 Å². The number of nitrogens with two attached hydrogens (primary N) is 1. The van der Waals surface area contributed by atoms with Crippen LogP contribution in [0.4, 0.5) is 11.6 Å². The number of anilines is 2. The number of nitrogen functional groups attached to an aromatic ring is 1. The Labute approximate surface area is 157 Å². The number of amides is 1. The van der Waals surface area contributed by atoms with Gasteiger partial charge in [0.05, 0.1) is 11.3 Å². The summed E-state index contributed by atoms with van der Waals surface area (Å²) in [6.45, 7) is 4.03. The second-order valence-electron chi connectivity index (χ2n) is 6.02. The van der Waals surface area contributed by atoms with Crippen molar-refractivity contribution >= 4 is 29.3 Å². The maximum absolute atomic E-state index is 12.8. The monoisotopic (exact) mass is 364 g/mol. The lowest BCUT2D eigenvalue weighted by Crippen LogP contribution is -2.13. The molecule has 2 aromatic carbocycles. The second kappa shape index (κ2) is 8.01. The van der Waals surface area contributed by atoms with Crippen molar-refractivity contribution in [2.45, 2.75) is 24.5 Å². The SMILES string of the molecule is Cc1cc(C)cc(NC(=O)c2ccccc2SCc2ccnc(N)n2)c1. The standard InChI is InChI=1S/C20H20N4OS/c1-13-9-14(2)11-16(10-13)23-19(25)17-5-3-4-6-18(17)26-12-15-7-8-22-20(21)24-15/h3-11H,12H2,1-2H3,(H,23,25)(H2,21,22,24). The lowest BCUT2D eigenvalue weighted by atomic mass is 10.1. The number of rotatable bonds is 5. The van der Waals surface area contributed by atoms with Gasteiger partial charge in [-0.15, -0.1) is 11.8 Å². The zero-order chi connectivity index (χ0) is 18.5. The number of nitrogens with zero attached hydrogens (tertiary/aromatic N) is 2. The summed E-state index contributed by atoms with van der Waals surface area (Å²) in [5.74, 6) is 0.741. The molecule has 3 rings (SSSR count). The van der Waals surface area contributed by atoms with E-state index in [1.165, 1.54) is 0 Å². The number of carbonyl (C=O) groups excluding carboxylic acids is 1. The third kappa shape index (κ3) is 4.61. The number of thioether (sulfide) groups is 1. The predicted molar refractivity (Wildman–Crippen MR) is 106 cm³/mol. The first kappa shape index (κ1) is 17.9. The summed E-state index contributed by atoms with van der Waals surface area (Å²) in [6, 6.07) is 15.4. The molecule has 0 fully saturated rings. The number of carbonyl (C=O) groups is 1. The van der Waals surface area contributed by atoms with Crippen LogP contribution in [-0.2, 0) is 5.75 Å². The quantitative estimate of drug-likeness (QED) is 0.663. The Balaban J connectivity index is 1.76. The van der Waals surface area contributed by atoms with Crippen LogP contribution < -0.4 is 11.1 Å². The fourth-order valence-corrected chi connectivity index (χ4v) is 3.63. The Kier molecular flexibility index (Phi) is 5.53. The van der Waals surface area contributed by atoms with Crippen LogP contribution in [0.3, 0.4) is 0 Å². The number of nitrogens with one attached hydrogen (secondary N) is 1. The molecule has 3 N–H and O–H groups in total. The van der Waals surface area contributed by atoms with E-state index in [9.17, 15) is 4.79 Å². The van der Waals surface area contributed by atoms with Crippen molar-refractivity contribution in [1.82, 2.24) is 9.97 Å². The first-order chi connectivity index (χ1) is 12.5. The smallest absolute Gasteiger partial charge is 0.256 e. The number of hydrogen-bond donors (Lipinski definition) is 2. The Morgan fingerprint density at radius 1 is 1.12 bits per heavy atom. The molecule has 5 nitrogen and oxygen atoms in total. The average Bonchev–Trinajstić information content (AvgIpc) is 2.59. The van der Waals surface area contributed by atoms with Gasteiger partial charge in [0.2, 0.25) is 5.95 Å². The Hall–Kier alpha value is -2.86. The van der Waals surface area contributed by atoms with Crippen LogP contribution in [0.25, 0.3) is 0 Å². The summed E-state index contributed by atoms with van der Waals surface area (Å²) in [7, 11) is 0. The summed E-state index contributed by atoms with van der Waals surface area (Å²) in [4.78, 5) is 21.7. The van der Waals surface area contributed by atoms with Crippen LogP contribution in [0.5, 0.6) is 0 Å². The highest BCUT2D eigenvalue weighted by Gasteiger charge is 2.12. The van der Waals surface area contributed by atoms with Gasteiger partial charge in [0.15, 0.2) is 0 Å². The molecular formula is C20H20N4OS. The average molecular weight is 364 g/mol. The Bertz CT molecular complexity index is 922. The van der Waals surface area contributed by atoms with E-state index in [0.29, 0.717) is 11.3 Å². The number of aromatic nitrogens is 2. The van der Waals surface area contributed by atoms with Gasteiger partial charge in [-0.25, -0.2) is 9.97 Å². The summed E-state index contributed by atoms with van der Waals surface area (Å²) in [5, 5.41) is 2.99. The molecule has 1 amide bonds. The van der Waals surface area contributed by atoms with Gasteiger partial charge in [-0.1, -0.05) is 18.2 Å². The molecule has 0 saturated heterocycles. The molecule has 132 valence electrons. The normalized spacial score (nSPS) is 10.5. The third-order valence-electron chi connectivity index (χ3n) is 3.72. The van der Waals surface area contributed by atoms with Gasteiger partial charge in [-0.2, -0.15) is 0 Å². The predicted octanol–water partition coefficient (Wildman–Crippen LogP) is 4.22. The third-order valence-corrected chi connectivity index (χ3v) is 4.83. The van der Waals surface area contributed by atoms with Crippen LogP contribution in [0.1, 0.15) is 27.2 Å². The fraction of sp³-hybridized carbons (Fsp3) is 0.150. The van der Waals surface area contributed by atoms with E-state index in [4.69, 9.17) is 5.73 Å². The van der Waals surface area contributed by atoms with E-state index in [2.05, 4.69) is 21.4 Å². The molecule has 6 heteroatoms. The largest absolute Gasteiger partial charge is 0.368 e. The van der Waals surface area contributed by atoms with E-state index in [1.807, 2.05) is 56.3 Å². The summed E-state index contributed by atoms with van der Waals surface area (Å²) in [6.07, 6.45) is 1.64. The van der Waals surface area contributed by atoms with E-state index in [0.717, 1.165) is 27.4 Å². The minimum Gasteiger partial charge on any atom is -0.368 e. The summed E-state index contributed by atoms with van der Waals surface area (Å²) >= 11 is 1.55. The zero-order valence-corrected chi connectivity index (χ0v) is 15.5. The molecule has 0 saturated carbocycles. The van der Waals surface area contributed by atoms with Crippen LogP contribution >= 0.6 is 11.8 Å². The molecule has 1 aromatic heterocycles. The first-order valence-electron chi connectivity index (χ1n) is 8.20. The molecule has 1 heterocycles. The molecule has 0 unspecified atom stereocenters. The molecule has 0 bridgehead atoms. The van der Waals surface area contributed by atoms with Crippen LogP contribution in [-0.4, -0.2) is 15.9 Å². The van der Waals surface area contributed by atoms with Gasteiger partial charge < -0.3 is 11.1 Å². The van der Waals surface area contributed by atoms with E-state index in [1.54, 1.807) is 18.0 Å². The van der Waals surface area contributed by atoms with Crippen molar-refractivity contribution in [3.63, 3.8) is 0 Å². The summed E-state index contributed by atoms with van der Waals surface area (Å²) < 4.78 is 0. The molecule has 26 heavy (non-hydrogen) atoms. The molecule has 0 radical (unpaired) electrons. The van der Waals surface area contributed by atoms with Gasteiger partial charge in [-0.3, -0.25) is 4.79 Å². The van der Waals surface area contributed by atoms with Gasteiger partial charge >= 0.3 is 0 Å².